The van der Waals surface area contributed by atoms with Gasteiger partial charge in [0.15, 0.2) is 0 Å². The van der Waals surface area contributed by atoms with Crippen LogP contribution in [0.5, 0.6) is 5.75 Å². The van der Waals surface area contributed by atoms with Crippen LogP contribution in [0.4, 0.5) is 0 Å². The van der Waals surface area contributed by atoms with E-state index < -0.39 is 0 Å². The Morgan fingerprint density at radius 2 is 2.05 bits per heavy atom. The molecule has 0 saturated carbocycles. The van der Waals surface area contributed by atoms with E-state index in [1.807, 2.05) is 37.3 Å². The summed E-state index contributed by atoms with van der Waals surface area (Å²) >= 11 is 5.98. The maximum absolute atomic E-state index is 11.6. The van der Waals surface area contributed by atoms with Gasteiger partial charge in [0.2, 0.25) is 5.91 Å². The third kappa shape index (κ3) is 4.20. The largest absolute Gasteiger partial charge is 0.488 e. The number of nitrogens with one attached hydrogen (secondary N) is 1. The van der Waals surface area contributed by atoms with E-state index in [2.05, 4.69) is 10.3 Å². The molecule has 0 aliphatic carbocycles. The van der Waals surface area contributed by atoms with E-state index >= 15 is 0 Å². The lowest BCUT2D eigenvalue weighted by Crippen LogP contribution is -2.21. The van der Waals surface area contributed by atoms with Crippen molar-refractivity contribution in [2.75, 3.05) is 7.05 Å². The zero-order valence-corrected chi connectivity index (χ0v) is 12.8. The van der Waals surface area contributed by atoms with Gasteiger partial charge < -0.3 is 10.1 Å². The maximum atomic E-state index is 11.6. The highest BCUT2D eigenvalue weighted by Crippen LogP contribution is 2.26. The number of hydrogen-bond acceptors (Lipinski definition) is 3. The Kier molecular flexibility index (Phi) is 5.17. The maximum Gasteiger partial charge on any atom is 0.224 e. The Labute approximate surface area is 129 Å². The third-order valence-electron chi connectivity index (χ3n) is 3.11. The molecule has 0 aliphatic heterocycles. The lowest BCUT2D eigenvalue weighted by Gasteiger charge is -2.13. The highest BCUT2D eigenvalue weighted by molar-refractivity contribution is 6.29. The summed E-state index contributed by atoms with van der Waals surface area (Å²) in [6.45, 7) is 2.24. The molecular formula is C16H17ClN2O2. The van der Waals surface area contributed by atoms with Gasteiger partial charge in [-0.2, -0.15) is 0 Å². The Morgan fingerprint density at radius 3 is 2.71 bits per heavy atom. The molecule has 1 aromatic heterocycles. The molecular weight excluding hydrogens is 288 g/mol. The molecule has 21 heavy (non-hydrogen) atoms. The summed E-state index contributed by atoms with van der Waals surface area (Å²) < 4.78 is 5.83. The summed E-state index contributed by atoms with van der Waals surface area (Å²) in [5.41, 5.74) is 2.51. The molecule has 0 saturated heterocycles. The minimum Gasteiger partial charge on any atom is -0.488 e. The number of halogens is 1. The van der Waals surface area contributed by atoms with Crippen LogP contribution < -0.4 is 10.1 Å². The summed E-state index contributed by atoms with van der Waals surface area (Å²) in [6.07, 6.45) is 0.219. The fraction of sp³-hybridized carbons (Fsp3) is 0.250. The van der Waals surface area contributed by atoms with E-state index in [0.29, 0.717) is 23.2 Å². The molecule has 0 radical (unpaired) electrons. The minimum absolute atomic E-state index is 0.0909. The number of aryl methyl sites for hydroxylation is 1. The van der Waals surface area contributed by atoms with Gasteiger partial charge in [0.05, 0.1) is 6.42 Å². The molecule has 0 atom stereocenters. The van der Waals surface area contributed by atoms with Gasteiger partial charge in [-0.05, 0) is 12.5 Å². The van der Waals surface area contributed by atoms with Crippen LogP contribution in [-0.4, -0.2) is 17.9 Å². The van der Waals surface area contributed by atoms with Crippen molar-refractivity contribution in [3.05, 3.63) is 58.4 Å². The highest BCUT2D eigenvalue weighted by atomic mass is 35.5. The number of carbonyl (C=O) groups is 1. The average molecular weight is 305 g/mol. The lowest BCUT2D eigenvalue weighted by molar-refractivity contribution is -0.120. The first-order valence-electron chi connectivity index (χ1n) is 6.63. The zero-order chi connectivity index (χ0) is 15.2. The van der Waals surface area contributed by atoms with Crippen molar-refractivity contribution in [1.29, 1.82) is 0 Å². The first-order chi connectivity index (χ1) is 10.1. The van der Waals surface area contributed by atoms with Crippen LogP contribution in [0, 0.1) is 6.92 Å². The van der Waals surface area contributed by atoms with E-state index in [9.17, 15) is 4.79 Å². The van der Waals surface area contributed by atoms with Crippen molar-refractivity contribution >= 4 is 17.5 Å². The molecule has 110 valence electrons. The summed E-state index contributed by atoms with van der Waals surface area (Å²) in [4.78, 5) is 15.8. The molecule has 2 aromatic rings. The Balaban J connectivity index is 2.22. The molecule has 1 aromatic carbocycles. The number of benzene rings is 1. The van der Waals surface area contributed by atoms with Crippen LogP contribution in [0.1, 0.15) is 16.8 Å². The van der Waals surface area contributed by atoms with Gasteiger partial charge in [-0.3, -0.25) is 4.79 Å². The summed E-state index contributed by atoms with van der Waals surface area (Å²) in [7, 11) is 1.60. The normalized spacial score (nSPS) is 10.2. The van der Waals surface area contributed by atoms with E-state index in [0.717, 1.165) is 11.1 Å². The Bertz CT molecular complexity index is 630. The summed E-state index contributed by atoms with van der Waals surface area (Å²) in [6, 6.07) is 11.5. The molecule has 0 bridgehead atoms. The predicted octanol–water partition coefficient (Wildman–Crippen LogP) is 2.91. The molecule has 0 fully saturated rings. The number of amides is 1. The van der Waals surface area contributed by atoms with Gasteiger partial charge in [-0.15, -0.1) is 0 Å². The number of pyridine rings is 1. The topological polar surface area (TPSA) is 51.2 Å². The quantitative estimate of drug-likeness (QED) is 0.864. The molecule has 4 nitrogen and oxygen atoms in total. The van der Waals surface area contributed by atoms with Crippen LogP contribution in [0.15, 0.2) is 36.4 Å². The van der Waals surface area contributed by atoms with Gasteiger partial charge in [0.1, 0.15) is 17.5 Å². The molecule has 2 rings (SSSR count). The molecule has 1 heterocycles. The second-order valence-corrected chi connectivity index (χ2v) is 5.02. The molecule has 0 aliphatic rings. The summed E-state index contributed by atoms with van der Waals surface area (Å²) in [5, 5.41) is 2.96. The second kappa shape index (κ2) is 7.09. The van der Waals surface area contributed by atoms with Gasteiger partial charge in [-0.25, -0.2) is 4.98 Å². The van der Waals surface area contributed by atoms with E-state index in [-0.39, 0.29) is 12.3 Å². The van der Waals surface area contributed by atoms with Gasteiger partial charge >= 0.3 is 0 Å². The van der Waals surface area contributed by atoms with Crippen LogP contribution in [0.3, 0.4) is 0 Å². The van der Waals surface area contributed by atoms with E-state index in [4.69, 9.17) is 16.3 Å². The standard InChI is InChI=1S/C16H17ClN2O2/c1-11-13(8-16(20)18-2)14(9-15(17)19-11)21-10-12-6-4-3-5-7-12/h3-7,9H,8,10H2,1-2H3,(H,18,20). The van der Waals surface area contributed by atoms with Crippen LogP contribution in [0.2, 0.25) is 5.15 Å². The number of likely N-dealkylation sites (N-methyl/N-ethyl adjacent to an activating group) is 1. The number of hydrogen-bond donors (Lipinski definition) is 1. The van der Waals surface area contributed by atoms with Crippen molar-refractivity contribution in [1.82, 2.24) is 10.3 Å². The molecule has 0 spiro atoms. The van der Waals surface area contributed by atoms with Gasteiger partial charge in [0.25, 0.3) is 0 Å². The lowest BCUT2D eigenvalue weighted by atomic mass is 10.1. The average Bonchev–Trinajstić information content (AvgIpc) is 2.49. The van der Waals surface area contributed by atoms with Crippen LogP contribution >= 0.6 is 11.6 Å². The molecule has 1 amide bonds. The predicted molar refractivity (Wildman–Crippen MR) is 82.5 cm³/mol. The van der Waals surface area contributed by atoms with Crippen molar-refractivity contribution in [2.45, 2.75) is 20.0 Å². The number of nitrogens with zero attached hydrogens (tertiary/aromatic N) is 1. The van der Waals surface area contributed by atoms with E-state index in [1.165, 1.54) is 0 Å². The fourth-order valence-corrected chi connectivity index (χ4v) is 2.19. The number of carbonyl (C=O) groups excluding carboxylic acids is 1. The SMILES string of the molecule is CNC(=O)Cc1c(OCc2ccccc2)cc(Cl)nc1C. The number of ether oxygens (including phenoxy) is 1. The van der Waals surface area contributed by atoms with Crippen LogP contribution in [-0.2, 0) is 17.8 Å². The fourth-order valence-electron chi connectivity index (χ4n) is 1.96. The van der Waals surface area contributed by atoms with Gasteiger partial charge in [-0.1, -0.05) is 41.9 Å². The number of rotatable bonds is 5. The van der Waals surface area contributed by atoms with Crippen molar-refractivity contribution < 1.29 is 9.53 Å². The van der Waals surface area contributed by atoms with E-state index in [1.54, 1.807) is 13.1 Å². The first-order valence-corrected chi connectivity index (χ1v) is 7.01. The van der Waals surface area contributed by atoms with Gasteiger partial charge in [0, 0.05) is 24.4 Å². The Hall–Kier alpha value is -2.07. The number of aromatic nitrogens is 1. The molecule has 0 unspecified atom stereocenters. The minimum atomic E-state index is -0.0909. The first kappa shape index (κ1) is 15.3. The molecule has 1 N–H and O–H groups in total. The van der Waals surface area contributed by atoms with Crippen molar-refractivity contribution in [3.63, 3.8) is 0 Å². The van der Waals surface area contributed by atoms with Crippen molar-refractivity contribution in [3.8, 4) is 5.75 Å². The second-order valence-electron chi connectivity index (χ2n) is 4.63. The monoisotopic (exact) mass is 304 g/mol. The summed E-state index contributed by atoms with van der Waals surface area (Å²) in [5.74, 6) is 0.506. The Morgan fingerprint density at radius 1 is 1.33 bits per heavy atom. The smallest absolute Gasteiger partial charge is 0.224 e. The zero-order valence-electron chi connectivity index (χ0n) is 12.0. The van der Waals surface area contributed by atoms with Crippen molar-refractivity contribution in [2.24, 2.45) is 0 Å². The highest BCUT2D eigenvalue weighted by Gasteiger charge is 2.14. The van der Waals surface area contributed by atoms with Crippen LogP contribution in [0.25, 0.3) is 0 Å². The third-order valence-corrected chi connectivity index (χ3v) is 3.31. The molecule has 5 heteroatoms.